The van der Waals surface area contributed by atoms with E-state index in [9.17, 15) is 9.59 Å². The first-order valence-electron chi connectivity index (χ1n) is 6.65. The SMILES string of the molecule is COC(=O)[C@H]1CC=CC[C@H]1C(=O)SCc1ccccc1. The van der Waals surface area contributed by atoms with E-state index in [-0.39, 0.29) is 22.9 Å². The van der Waals surface area contributed by atoms with Crippen LogP contribution in [-0.2, 0) is 20.1 Å². The fourth-order valence-electron chi connectivity index (χ4n) is 2.32. The molecule has 0 unspecified atom stereocenters. The van der Waals surface area contributed by atoms with Gasteiger partial charge >= 0.3 is 5.97 Å². The van der Waals surface area contributed by atoms with Crippen LogP contribution in [0.3, 0.4) is 0 Å². The number of carbonyl (C=O) groups is 2. The molecular formula is C16H18O3S. The summed E-state index contributed by atoms with van der Waals surface area (Å²) < 4.78 is 4.80. The zero-order valence-electron chi connectivity index (χ0n) is 11.5. The third-order valence-corrected chi connectivity index (χ3v) is 4.53. The Hall–Kier alpha value is -1.55. The molecule has 1 aliphatic carbocycles. The molecule has 4 heteroatoms. The monoisotopic (exact) mass is 290 g/mol. The van der Waals surface area contributed by atoms with Gasteiger partial charge in [-0.15, -0.1) is 0 Å². The van der Waals surface area contributed by atoms with Crippen LogP contribution >= 0.6 is 11.8 Å². The van der Waals surface area contributed by atoms with Crippen molar-refractivity contribution in [1.29, 1.82) is 0 Å². The molecule has 20 heavy (non-hydrogen) atoms. The lowest BCUT2D eigenvalue weighted by Gasteiger charge is -2.24. The molecule has 1 aromatic carbocycles. The Bertz CT molecular complexity index is 496. The summed E-state index contributed by atoms with van der Waals surface area (Å²) in [4.78, 5) is 24.1. The molecule has 0 aliphatic heterocycles. The van der Waals surface area contributed by atoms with E-state index in [2.05, 4.69) is 0 Å². The highest BCUT2D eigenvalue weighted by molar-refractivity contribution is 8.13. The van der Waals surface area contributed by atoms with Gasteiger partial charge in [-0.05, 0) is 18.4 Å². The first-order chi connectivity index (χ1) is 9.72. The number of hydrogen-bond acceptors (Lipinski definition) is 4. The number of rotatable bonds is 4. The van der Waals surface area contributed by atoms with Crippen LogP contribution in [0.25, 0.3) is 0 Å². The summed E-state index contributed by atoms with van der Waals surface area (Å²) in [7, 11) is 1.37. The van der Waals surface area contributed by atoms with Crippen molar-refractivity contribution in [2.24, 2.45) is 11.8 Å². The van der Waals surface area contributed by atoms with Gasteiger partial charge in [-0.25, -0.2) is 0 Å². The third-order valence-electron chi connectivity index (χ3n) is 3.46. The fourth-order valence-corrected chi connectivity index (χ4v) is 3.30. The van der Waals surface area contributed by atoms with E-state index < -0.39 is 0 Å². The predicted molar refractivity (Wildman–Crippen MR) is 80.1 cm³/mol. The normalized spacial score (nSPS) is 21.4. The van der Waals surface area contributed by atoms with Crippen LogP contribution in [0.15, 0.2) is 42.5 Å². The van der Waals surface area contributed by atoms with E-state index in [0.717, 1.165) is 5.56 Å². The summed E-state index contributed by atoms with van der Waals surface area (Å²) in [6.07, 6.45) is 5.15. The van der Waals surface area contributed by atoms with Gasteiger partial charge in [0.05, 0.1) is 13.0 Å². The average molecular weight is 290 g/mol. The first-order valence-corrected chi connectivity index (χ1v) is 7.64. The largest absolute Gasteiger partial charge is 0.469 e. The summed E-state index contributed by atoms with van der Waals surface area (Å²) in [5.41, 5.74) is 1.12. The summed E-state index contributed by atoms with van der Waals surface area (Å²) in [6.45, 7) is 0. The zero-order chi connectivity index (χ0) is 14.4. The topological polar surface area (TPSA) is 43.4 Å². The van der Waals surface area contributed by atoms with Gasteiger partial charge in [0.1, 0.15) is 0 Å². The van der Waals surface area contributed by atoms with E-state index in [1.54, 1.807) is 0 Å². The van der Waals surface area contributed by atoms with Crippen LogP contribution in [0.5, 0.6) is 0 Å². The number of allylic oxidation sites excluding steroid dienone is 2. The maximum Gasteiger partial charge on any atom is 0.309 e. The third kappa shape index (κ3) is 3.73. The smallest absolute Gasteiger partial charge is 0.309 e. The quantitative estimate of drug-likeness (QED) is 0.631. The maximum atomic E-state index is 12.3. The number of hydrogen-bond donors (Lipinski definition) is 0. The number of thioether (sulfide) groups is 1. The fraction of sp³-hybridized carbons (Fsp3) is 0.375. The van der Waals surface area contributed by atoms with Crippen LogP contribution in [0, 0.1) is 11.8 Å². The van der Waals surface area contributed by atoms with E-state index in [4.69, 9.17) is 4.74 Å². The molecule has 0 heterocycles. The van der Waals surface area contributed by atoms with Gasteiger partial charge in [0, 0.05) is 11.7 Å². The molecular weight excluding hydrogens is 272 g/mol. The van der Waals surface area contributed by atoms with Crippen molar-refractivity contribution < 1.29 is 14.3 Å². The average Bonchev–Trinajstić information content (AvgIpc) is 2.52. The second-order valence-corrected chi connectivity index (χ2v) is 5.75. The maximum absolute atomic E-state index is 12.3. The van der Waals surface area contributed by atoms with Crippen molar-refractivity contribution in [3.05, 3.63) is 48.0 Å². The van der Waals surface area contributed by atoms with Gasteiger partial charge in [0.25, 0.3) is 0 Å². The molecule has 0 radical (unpaired) electrons. The standard InChI is InChI=1S/C16H18O3S/c1-19-15(17)13-9-5-6-10-14(13)16(18)20-11-12-7-3-2-4-8-12/h2-8,13-14H,9-11H2,1H3/t13-,14+/m0/s1. The summed E-state index contributed by atoms with van der Waals surface area (Å²) in [5, 5.41) is 0.0774. The Morgan fingerprint density at radius 3 is 2.45 bits per heavy atom. The van der Waals surface area contributed by atoms with Crippen LogP contribution in [0.1, 0.15) is 18.4 Å². The minimum atomic E-state index is -0.333. The molecule has 2 atom stereocenters. The molecule has 2 rings (SSSR count). The number of methoxy groups -OCH3 is 1. The minimum Gasteiger partial charge on any atom is -0.469 e. The Balaban J connectivity index is 1.96. The summed E-state index contributed by atoms with van der Waals surface area (Å²) >= 11 is 1.29. The highest BCUT2D eigenvalue weighted by Gasteiger charge is 2.34. The molecule has 0 spiro atoms. The lowest BCUT2D eigenvalue weighted by atomic mass is 9.84. The van der Waals surface area contributed by atoms with Gasteiger partial charge in [0.2, 0.25) is 0 Å². The number of esters is 1. The molecule has 0 saturated heterocycles. The summed E-state index contributed by atoms with van der Waals surface area (Å²) in [6, 6.07) is 9.87. The van der Waals surface area contributed by atoms with E-state index in [0.29, 0.717) is 18.6 Å². The molecule has 1 aliphatic rings. The van der Waals surface area contributed by atoms with E-state index in [1.165, 1.54) is 18.9 Å². The van der Waals surface area contributed by atoms with Gasteiger partial charge < -0.3 is 4.74 Å². The van der Waals surface area contributed by atoms with Crippen molar-refractivity contribution in [2.75, 3.05) is 7.11 Å². The Labute approximate surface area is 123 Å². The minimum absolute atomic E-state index is 0.0774. The Morgan fingerprint density at radius 2 is 1.80 bits per heavy atom. The van der Waals surface area contributed by atoms with E-state index >= 15 is 0 Å². The molecule has 0 amide bonds. The van der Waals surface area contributed by atoms with Gasteiger partial charge in [-0.1, -0.05) is 54.2 Å². The van der Waals surface area contributed by atoms with Gasteiger partial charge in [-0.3, -0.25) is 9.59 Å². The zero-order valence-corrected chi connectivity index (χ0v) is 12.3. The van der Waals surface area contributed by atoms with Gasteiger partial charge in [0.15, 0.2) is 5.12 Å². The van der Waals surface area contributed by atoms with Crippen molar-refractivity contribution in [3.63, 3.8) is 0 Å². The number of carbonyl (C=O) groups excluding carboxylic acids is 2. The molecule has 1 aromatic rings. The van der Waals surface area contributed by atoms with Crippen molar-refractivity contribution in [1.82, 2.24) is 0 Å². The Kier molecular flexibility index (Phi) is 5.41. The van der Waals surface area contributed by atoms with Crippen molar-refractivity contribution >= 4 is 22.8 Å². The highest BCUT2D eigenvalue weighted by Crippen LogP contribution is 2.31. The molecule has 0 aromatic heterocycles. The van der Waals surface area contributed by atoms with Crippen LogP contribution in [0.4, 0.5) is 0 Å². The first kappa shape index (κ1) is 14.9. The highest BCUT2D eigenvalue weighted by atomic mass is 32.2. The predicted octanol–water partition coefficient (Wildman–Crippen LogP) is 3.20. The Morgan fingerprint density at radius 1 is 1.15 bits per heavy atom. The van der Waals surface area contributed by atoms with Crippen molar-refractivity contribution in [3.8, 4) is 0 Å². The van der Waals surface area contributed by atoms with Crippen LogP contribution in [-0.4, -0.2) is 18.2 Å². The second kappa shape index (κ2) is 7.29. The van der Waals surface area contributed by atoms with Gasteiger partial charge in [-0.2, -0.15) is 0 Å². The van der Waals surface area contributed by atoms with Crippen LogP contribution < -0.4 is 0 Å². The van der Waals surface area contributed by atoms with Crippen molar-refractivity contribution in [2.45, 2.75) is 18.6 Å². The molecule has 3 nitrogen and oxygen atoms in total. The van der Waals surface area contributed by atoms with E-state index in [1.807, 2.05) is 42.5 Å². The lowest BCUT2D eigenvalue weighted by Crippen LogP contribution is -2.30. The summed E-state index contributed by atoms with van der Waals surface area (Å²) in [5.74, 6) is -0.233. The molecule has 0 saturated carbocycles. The second-order valence-electron chi connectivity index (χ2n) is 4.77. The molecule has 0 N–H and O–H groups in total. The molecule has 106 valence electrons. The molecule has 0 bridgehead atoms. The van der Waals surface area contributed by atoms with Crippen LogP contribution in [0.2, 0.25) is 0 Å². The lowest BCUT2D eigenvalue weighted by molar-refractivity contribution is -0.149. The molecule has 0 fully saturated rings. The number of ether oxygens (including phenoxy) is 1. The number of benzene rings is 1.